The molecule has 2 rings (SSSR count). The first-order chi connectivity index (χ1) is 19.7. The highest BCUT2D eigenvalue weighted by molar-refractivity contribution is 8.76. The van der Waals surface area contributed by atoms with Gasteiger partial charge < -0.3 is 10.2 Å². The molecule has 2 nitrogen and oxygen atoms in total. The summed E-state index contributed by atoms with van der Waals surface area (Å²) in [5.41, 5.74) is 2.45. The number of rotatable bonds is 25. The molecule has 0 radical (unpaired) electrons. The molecule has 0 heterocycles. The molecule has 4 heteroatoms. The summed E-state index contributed by atoms with van der Waals surface area (Å²) in [5, 5.41) is 21.4. The second-order valence-electron chi connectivity index (χ2n) is 11.6. The summed E-state index contributed by atoms with van der Waals surface area (Å²) >= 11 is 0. The van der Waals surface area contributed by atoms with Crippen LogP contribution in [-0.2, 0) is 12.8 Å². The van der Waals surface area contributed by atoms with Gasteiger partial charge in [0.1, 0.15) is 11.5 Å². The lowest BCUT2D eigenvalue weighted by Crippen LogP contribution is -1.91. The first-order valence-electron chi connectivity index (χ1n) is 16.6. The zero-order chi connectivity index (χ0) is 28.7. The Morgan fingerprint density at radius 2 is 0.725 bits per heavy atom. The zero-order valence-electron chi connectivity index (χ0n) is 25.7. The third-order valence-electron chi connectivity index (χ3n) is 7.96. The Morgan fingerprint density at radius 1 is 0.425 bits per heavy atom. The molecule has 0 saturated carbocycles. The molecule has 0 amide bonds. The van der Waals surface area contributed by atoms with Crippen LogP contribution in [0, 0.1) is 0 Å². The minimum Gasteiger partial charge on any atom is -0.507 e. The van der Waals surface area contributed by atoms with Gasteiger partial charge in [-0.05, 0) is 70.5 Å². The van der Waals surface area contributed by atoms with E-state index in [2.05, 4.69) is 26.0 Å². The molecular weight excluding hydrogens is 529 g/mol. The van der Waals surface area contributed by atoms with E-state index in [-0.39, 0.29) is 0 Å². The van der Waals surface area contributed by atoms with Crippen LogP contribution >= 0.6 is 21.6 Å². The van der Waals surface area contributed by atoms with Crippen LogP contribution in [0.4, 0.5) is 0 Å². The van der Waals surface area contributed by atoms with E-state index in [1.54, 1.807) is 33.7 Å². The van der Waals surface area contributed by atoms with Crippen LogP contribution in [-0.4, -0.2) is 10.2 Å². The highest BCUT2D eigenvalue weighted by atomic mass is 33.1. The van der Waals surface area contributed by atoms with Crippen molar-refractivity contribution in [3.05, 3.63) is 47.5 Å². The van der Waals surface area contributed by atoms with Crippen molar-refractivity contribution < 1.29 is 10.2 Å². The second-order valence-corrected chi connectivity index (χ2v) is 13.7. The maximum Gasteiger partial charge on any atom is 0.130 e. The first kappa shape index (κ1) is 34.9. The Balaban J connectivity index is 1.75. The number of benzene rings is 2. The van der Waals surface area contributed by atoms with Crippen molar-refractivity contribution in [1.82, 2.24) is 0 Å². The molecule has 2 N–H and O–H groups in total. The van der Waals surface area contributed by atoms with E-state index < -0.39 is 0 Å². The Bertz CT molecular complexity index is 825. The highest BCUT2D eigenvalue weighted by Crippen LogP contribution is 2.47. The monoisotopic (exact) mass is 586 g/mol. The zero-order valence-corrected chi connectivity index (χ0v) is 27.4. The Hall–Kier alpha value is -1.26. The third-order valence-corrected chi connectivity index (χ3v) is 10.6. The molecule has 0 spiro atoms. The topological polar surface area (TPSA) is 40.5 Å². The predicted octanol–water partition coefficient (Wildman–Crippen LogP) is 12.8. The fourth-order valence-corrected chi connectivity index (χ4v) is 8.10. The predicted molar refractivity (Wildman–Crippen MR) is 179 cm³/mol. The number of aryl methyl sites for hydroxylation is 2. The van der Waals surface area contributed by atoms with E-state index in [1.165, 1.54) is 127 Å². The maximum absolute atomic E-state index is 10.7. The van der Waals surface area contributed by atoms with Crippen LogP contribution < -0.4 is 0 Å². The van der Waals surface area contributed by atoms with Crippen LogP contribution in [0.3, 0.4) is 0 Å². The van der Waals surface area contributed by atoms with Gasteiger partial charge >= 0.3 is 0 Å². The number of phenolic OH excluding ortho intramolecular Hbond substituents is 2. The molecule has 0 aliphatic carbocycles. The molecule has 40 heavy (non-hydrogen) atoms. The molecule has 0 fully saturated rings. The average Bonchev–Trinajstić information content (AvgIpc) is 2.95. The highest BCUT2D eigenvalue weighted by Gasteiger charge is 2.14. The van der Waals surface area contributed by atoms with Gasteiger partial charge in [-0.2, -0.15) is 0 Å². The van der Waals surface area contributed by atoms with Crippen molar-refractivity contribution in [2.24, 2.45) is 0 Å². The Morgan fingerprint density at radius 3 is 1.05 bits per heavy atom. The molecular formula is C36H58O2S2. The molecule has 0 atom stereocenters. The standard InChI is InChI=1S/C36H58O2S2/c1-3-5-7-9-11-13-15-17-19-21-25-31-27-23-29-33(37)35(31)39-40-36-32(28-24-30-34(36)38)26-22-20-18-16-14-12-10-8-6-4-2/h23-24,27-30,37-38H,3-22,25-26H2,1-2H3. The average molecular weight is 587 g/mol. The molecule has 2 aromatic rings. The van der Waals surface area contributed by atoms with E-state index in [4.69, 9.17) is 0 Å². The van der Waals surface area contributed by atoms with Gasteiger partial charge in [-0.15, -0.1) is 0 Å². The molecule has 0 bridgehead atoms. The minimum absolute atomic E-state index is 0.355. The number of phenols is 2. The molecule has 0 saturated heterocycles. The molecule has 0 aliphatic heterocycles. The van der Waals surface area contributed by atoms with Gasteiger partial charge in [0.05, 0.1) is 9.79 Å². The molecule has 0 unspecified atom stereocenters. The summed E-state index contributed by atoms with van der Waals surface area (Å²) in [4.78, 5) is 1.91. The summed E-state index contributed by atoms with van der Waals surface area (Å²) < 4.78 is 0. The summed E-state index contributed by atoms with van der Waals surface area (Å²) in [7, 11) is 3.20. The summed E-state index contributed by atoms with van der Waals surface area (Å²) in [6, 6.07) is 11.8. The van der Waals surface area contributed by atoms with Gasteiger partial charge in [-0.3, -0.25) is 0 Å². The normalized spacial score (nSPS) is 11.3. The van der Waals surface area contributed by atoms with Crippen LogP contribution in [0.5, 0.6) is 11.5 Å². The largest absolute Gasteiger partial charge is 0.507 e. The Labute approximate surface area is 254 Å². The molecule has 0 aliphatic rings. The van der Waals surface area contributed by atoms with Crippen molar-refractivity contribution in [3.8, 4) is 11.5 Å². The van der Waals surface area contributed by atoms with Gasteiger partial charge in [-0.25, -0.2) is 0 Å². The van der Waals surface area contributed by atoms with Crippen LogP contribution in [0.1, 0.15) is 153 Å². The quantitative estimate of drug-likeness (QED) is 0.0896. The minimum atomic E-state index is 0.355. The lowest BCUT2D eigenvalue weighted by atomic mass is 10.0. The van der Waals surface area contributed by atoms with Crippen molar-refractivity contribution in [2.75, 3.05) is 0 Å². The Kier molecular flexibility index (Phi) is 20.4. The third kappa shape index (κ3) is 15.1. The van der Waals surface area contributed by atoms with E-state index in [9.17, 15) is 10.2 Å². The number of aromatic hydroxyl groups is 2. The van der Waals surface area contributed by atoms with Gasteiger partial charge in [0, 0.05) is 0 Å². The SMILES string of the molecule is CCCCCCCCCCCCc1cccc(O)c1SSc1c(O)cccc1CCCCCCCCCCCC. The molecule has 226 valence electrons. The molecule has 2 aromatic carbocycles. The van der Waals surface area contributed by atoms with Gasteiger partial charge in [0.15, 0.2) is 0 Å². The van der Waals surface area contributed by atoms with Crippen LogP contribution in [0.2, 0.25) is 0 Å². The second kappa shape index (κ2) is 23.3. The van der Waals surface area contributed by atoms with Crippen molar-refractivity contribution >= 4 is 21.6 Å². The summed E-state index contributed by atoms with van der Waals surface area (Å²) in [6.07, 6.45) is 28.7. The van der Waals surface area contributed by atoms with Crippen LogP contribution in [0.25, 0.3) is 0 Å². The van der Waals surface area contributed by atoms with Gasteiger partial charge in [0.2, 0.25) is 0 Å². The van der Waals surface area contributed by atoms with Crippen molar-refractivity contribution in [1.29, 1.82) is 0 Å². The lowest BCUT2D eigenvalue weighted by molar-refractivity contribution is 0.459. The van der Waals surface area contributed by atoms with Crippen LogP contribution in [0.15, 0.2) is 46.2 Å². The summed E-state index contributed by atoms with van der Waals surface area (Å²) in [5.74, 6) is 0.711. The number of hydrogen-bond acceptors (Lipinski definition) is 4. The van der Waals surface area contributed by atoms with Crippen molar-refractivity contribution in [3.63, 3.8) is 0 Å². The fraction of sp³-hybridized carbons (Fsp3) is 0.667. The lowest BCUT2D eigenvalue weighted by Gasteiger charge is -2.14. The van der Waals surface area contributed by atoms with Crippen molar-refractivity contribution in [2.45, 2.75) is 165 Å². The van der Waals surface area contributed by atoms with E-state index >= 15 is 0 Å². The first-order valence-corrected chi connectivity index (χ1v) is 18.8. The van der Waals surface area contributed by atoms with Gasteiger partial charge in [-0.1, -0.05) is 154 Å². The molecule has 0 aromatic heterocycles. The fourth-order valence-electron chi connectivity index (χ4n) is 5.42. The summed E-state index contributed by atoms with van der Waals surface area (Å²) in [6.45, 7) is 4.55. The van der Waals surface area contributed by atoms with E-state index in [1.807, 2.05) is 12.1 Å². The van der Waals surface area contributed by atoms with E-state index in [0.717, 1.165) is 35.5 Å². The maximum atomic E-state index is 10.7. The van der Waals surface area contributed by atoms with Gasteiger partial charge in [0.25, 0.3) is 0 Å². The number of unbranched alkanes of at least 4 members (excludes halogenated alkanes) is 18. The smallest absolute Gasteiger partial charge is 0.130 e. The number of hydrogen-bond donors (Lipinski definition) is 2. The van der Waals surface area contributed by atoms with E-state index in [0.29, 0.717) is 11.5 Å².